The van der Waals surface area contributed by atoms with Crippen molar-refractivity contribution in [3.63, 3.8) is 0 Å². The van der Waals surface area contributed by atoms with E-state index in [0.29, 0.717) is 11.5 Å². The van der Waals surface area contributed by atoms with E-state index in [1.807, 2.05) is 30.3 Å². The molecule has 92 valence electrons. The molecule has 0 spiro atoms. The molecule has 1 aliphatic rings. The van der Waals surface area contributed by atoms with Crippen LogP contribution >= 0.6 is 0 Å². The molecule has 0 bridgehead atoms. The number of pyridine rings is 1. The van der Waals surface area contributed by atoms with E-state index < -0.39 is 0 Å². The standard InChI is InChI=1S/C14H15N3O/c15-14(18)11-7-13(9-5-6-16-8-9)17-12-4-2-1-3-10(11)12/h1-4,7,9,16H,5-6,8H2,(H2,15,18)/t9-/m0/s1. The summed E-state index contributed by atoms with van der Waals surface area (Å²) in [4.78, 5) is 16.2. The summed E-state index contributed by atoms with van der Waals surface area (Å²) in [5.74, 6) is -0.00601. The molecule has 2 heterocycles. The minimum atomic E-state index is -0.388. The fourth-order valence-electron chi connectivity index (χ4n) is 2.52. The molecular formula is C14H15N3O. The van der Waals surface area contributed by atoms with Crippen LogP contribution < -0.4 is 11.1 Å². The second kappa shape index (κ2) is 4.38. The van der Waals surface area contributed by atoms with E-state index in [-0.39, 0.29) is 5.91 Å². The number of carbonyl (C=O) groups is 1. The molecule has 0 aliphatic carbocycles. The normalized spacial score (nSPS) is 19.2. The number of nitrogens with zero attached hydrogens (tertiary/aromatic N) is 1. The van der Waals surface area contributed by atoms with Crippen molar-refractivity contribution in [3.05, 3.63) is 41.6 Å². The number of carbonyl (C=O) groups excluding carboxylic acids is 1. The fraction of sp³-hybridized carbons (Fsp3) is 0.286. The third-order valence-electron chi connectivity index (χ3n) is 3.48. The van der Waals surface area contributed by atoms with Crippen LogP contribution in [0, 0.1) is 0 Å². The number of nitrogens with one attached hydrogen (secondary N) is 1. The van der Waals surface area contributed by atoms with Crippen LogP contribution in [0.5, 0.6) is 0 Å². The minimum absolute atomic E-state index is 0.382. The van der Waals surface area contributed by atoms with Gasteiger partial charge in [-0.3, -0.25) is 9.78 Å². The lowest BCUT2D eigenvalue weighted by atomic mass is 9.99. The molecule has 1 atom stereocenters. The maximum absolute atomic E-state index is 11.6. The van der Waals surface area contributed by atoms with Gasteiger partial charge in [0.1, 0.15) is 0 Å². The van der Waals surface area contributed by atoms with Crippen molar-refractivity contribution in [2.75, 3.05) is 13.1 Å². The number of aromatic nitrogens is 1. The van der Waals surface area contributed by atoms with Gasteiger partial charge in [-0.15, -0.1) is 0 Å². The van der Waals surface area contributed by atoms with Crippen molar-refractivity contribution in [1.82, 2.24) is 10.3 Å². The lowest BCUT2D eigenvalue weighted by Gasteiger charge is -2.11. The highest BCUT2D eigenvalue weighted by Gasteiger charge is 2.20. The smallest absolute Gasteiger partial charge is 0.249 e. The predicted molar refractivity (Wildman–Crippen MR) is 70.5 cm³/mol. The molecule has 0 unspecified atom stereocenters. The van der Waals surface area contributed by atoms with Gasteiger partial charge in [-0.05, 0) is 25.1 Å². The molecule has 0 radical (unpaired) electrons. The van der Waals surface area contributed by atoms with E-state index >= 15 is 0 Å². The van der Waals surface area contributed by atoms with Gasteiger partial charge in [-0.1, -0.05) is 18.2 Å². The Balaban J connectivity index is 2.19. The Morgan fingerprint density at radius 1 is 1.39 bits per heavy atom. The Morgan fingerprint density at radius 2 is 2.22 bits per heavy atom. The summed E-state index contributed by atoms with van der Waals surface area (Å²) in [7, 11) is 0. The maximum Gasteiger partial charge on any atom is 0.249 e. The first-order valence-corrected chi connectivity index (χ1v) is 6.16. The molecule has 4 nitrogen and oxygen atoms in total. The van der Waals surface area contributed by atoms with Crippen LogP contribution in [0.25, 0.3) is 10.9 Å². The molecule has 0 saturated carbocycles. The summed E-state index contributed by atoms with van der Waals surface area (Å²) in [6.45, 7) is 1.93. The highest BCUT2D eigenvalue weighted by Crippen LogP contribution is 2.25. The van der Waals surface area contributed by atoms with Crippen molar-refractivity contribution in [2.45, 2.75) is 12.3 Å². The van der Waals surface area contributed by atoms with E-state index in [0.717, 1.165) is 36.1 Å². The molecule has 3 N–H and O–H groups in total. The first kappa shape index (κ1) is 11.2. The highest BCUT2D eigenvalue weighted by atomic mass is 16.1. The Bertz CT molecular complexity index is 603. The number of amides is 1. The van der Waals surface area contributed by atoms with Crippen LogP contribution in [0.15, 0.2) is 30.3 Å². The number of nitrogens with two attached hydrogens (primary N) is 1. The van der Waals surface area contributed by atoms with Gasteiger partial charge in [0.2, 0.25) is 5.91 Å². The van der Waals surface area contributed by atoms with E-state index in [1.54, 1.807) is 0 Å². The zero-order chi connectivity index (χ0) is 12.5. The Kier molecular flexibility index (Phi) is 2.72. The van der Waals surface area contributed by atoms with Crippen LogP contribution in [0.2, 0.25) is 0 Å². The largest absolute Gasteiger partial charge is 0.366 e. The lowest BCUT2D eigenvalue weighted by molar-refractivity contribution is 0.100. The van der Waals surface area contributed by atoms with E-state index in [2.05, 4.69) is 10.3 Å². The number of benzene rings is 1. The highest BCUT2D eigenvalue weighted by molar-refractivity contribution is 6.05. The first-order chi connectivity index (χ1) is 8.75. The maximum atomic E-state index is 11.6. The number of rotatable bonds is 2. The Labute approximate surface area is 105 Å². The molecular weight excluding hydrogens is 226 g/mol. The third-order valence-corrected chi connectivity index (χ3v) is 3.48. The summed E-state index contributed by atoms with van der Waals surface area (Å²) in [6, 6.07) is 9.49. The number of para-hydroxylation sites is 1. The average Bonchev–Trinajstić information content (AvgIpc) is 2.91. The van der Waals surface area contributed by atoms with E-state index in [4.69, 9.17) is 5.73 Å². The summed E-state index contributed by atoms with van der Waals surface area (Å²) in [5, 5.41) is 4.14. The fourth-order valence-corrected chi connectivity index (χ4v) is 2.52. The van der Waals surface area contributed by atoms with Gasteiger partial charge in [-0.2, -0.15) is 0 Å². The van der Waals surface area contributed by atoms with Crippen molar-refractivity contribution in [1.29, 1.82) is 0 Å². The zero-order valence-electron chi connectivity index (χ0n) is 10.0. The summed E-state index contributed by atoms with van der Waals surface area (Å²) in [6.07, 6.45) is 1.06. The van der Waals surface area contributed by atoms with Crippen LogP contribution in [-0.4, -0.2) is 24.0 Å². The van der Waals surface area contributed by atoms with Crippen LogP contribution in [0.4, 0.5) is 0 Å². The molecule has 18 heavy (non-hydrogen) atoms. The van der Waals surface area contributed by atoms with Crippen LogP contribution in [0.1, 0.15) is 28.4 Å². The number of hydrogen-bond acceptors (Lipinski definition) is 3. The molecule has 1 amide bonds. The number of primary amides is 1. The molecule has 2 aromatic rings. The summed E-state index contributed by atoms with van der Waals surface area (Å²) in [5.41, 5.74) is 7.85. The zero-order valence-corrected chi connectivity index (χ0v) is 10.0. The quantitative estimate of drug-likeness (QED) is 0.835. The van der Waals surface area contributed by atoms with Gasteiger partial charge in [0.25, 0.3) is 0 Å². The molecule has 1 aliphatic heterocycles. The molecule has 4 heteroatoms. The molecule has 1 saturated heterocycles. The van der Waals surface area contributed by atoms with Gasteiger partial charge >= 0.3 is 0 Å². The third kappa shape index (κ3) is 1.84. The van der Waals surface area contributed by atoms with Crippen molar-refractivity contribution >= 4 is 16.8 Å². The average molecular weight is 241 g/mol. The van der Waals surface area contributed by atoms with Crippen LogP contribution in [0.3, 0.4) is 0 Å². The van der Waals surface area contributed by atoms with E-state index in [9.17, 15) is 4.79 Å². The van der Waals surface area contributed by atoms with Gasteiger partial charge in [-0.25, -0.2) is 0 Å². The Hall–Kier alpha value is -1.94. The monoisotopic (exact) mass is 241 g/mol. The second-order valence-electron chi connectivity index (χ2n) is 4.67. The summed E-state index contributed by atoms with van der Waals surface area (Å²) >= 11 is 0. The van der Waals surface area contributed by atoms with Gasteiger partial charge in [0, 0.05) is 23.5 Å². The van der Waals surface area contributed by atoms with Crippen molar-refractivity contribution in [3.8, 4) is 0 Å². The van der Waals surface area contributed by atoms with Crippen molar-refractivity contribution < 1.29 is 4.79 Å². The Morgan fingerprint density at radius 3 is 2.94 bits per heavy atom. The van der Waals surface area contributed by atoms with Crippen LogP contribution in [-0.2, 0) is 0 Å². The molecule has 1 aromatic carbocycles. The van der Waals surface area contributed by atoms with Gasteiger partial charge in [0.05, 0.1) is 11.1 Å². The van der Waals surface area contributed by atoms with E-state index in [1.165, 1.54) is 0 Å². The number of hydrogen-bond donors (Lipinski definition) is 2. The van der Waals surface area contributed by atoms with Gasteiger partial charge < -0.3 is 11.1 Å². The number of fused-ring (bicyclic) bond motifs is 1. The van der Waals surface area contributed by atoms with Gasteiger partial charge in [0.15, 0.2) is 0 Å². The topological polar surface area (TPSA) is 68.0 Å². The summed E-state index contributed by atoms with van der Waals surface area (Å²) < 4.78 is 0. The molecule has 1 aromatic heterocycles. The lowest BCUT2D eigenvalue weighted by Crippen LogP contribution is -2.14. The molecule has 3 rings (SSSR count). The first-order valence-electron chi connectivity index (χ1n) is 6.16. The molecule has 1 fully saturated rings. The van der Waals surface area contributed by atoms with Crippen molar-refractivity contribution in [2.24, 2.45) is 5.73 Å². The second-order valence-corrected chi connectivity index (χ2v) is 4.67. The predicted octanol–water partition coefficient (Wildman–Crippen LogP) is 1.41. The SMILES string of the molecule is NC(=O)c1cc([C@H]2CCNC2)nc2ccccc12. The minimum Gasteiger partial charge on any atom is -0.366 e.